The second kappa shape index (κ2) is 11.3. The number of hydrogen-bond donors (Lipinski definition) is 0. The van der Waals surface area contributed by atoms with Crippen LogP contribution in [0.3, 0.4) is 0 Å². The van der Waals surface area contributed by atoms with Crippen LogP contribution in [0.4, 0.5) is 13.2 Å². The third kappa shape index (κ3) is 9.63. The summed E-state index contributed by atoms with van der Waals surface area (Å²) >= 11 is 0. The number of alkyl halides is 2. The fraction of sp³-hybridized carbons (Fsp3) is 0.650. The maximum Gasteiger partial charge on any atom is 0.250 e. The molecule has 0 aliphatic heterocycles. The van der Waals surface area contributed by atoms with E-state index < -0.39 is 17.7 Å². The maximum absolute atomic E-state index is 13.1. The van der Waals surface area contributed by atoms with Crippen molar-refractivity contribution in [3.05, 3.63) is 34.6 Å². The molecule has 2 nitrogen and oxygen atoms in total. The van der Waals surface area contributed by atoms with E-state index in [1.807, 2.05) is 0 Å². The third-order valence-corrected chi connectivity index (χ3v) is 3.91. The van der Waals surface area contributed by atoms with Crippen LogP contribution in [0.1, 0.15) is 68.4 Å². The quantitative estimate of drug-likeness (QED) is 0.412. The van der Waals surface area contributed by atoms with Gasteiger partial charge in [-0.2, -0.15) is 0 Å². The van der Waals surface area contributed by atoms with Gasteiger partial charge in [0.1, 0.15) is 5.82 Å². The number of benzene rings is 1. The van der Waals surface area contributed by atoms with Crippen molar-refractivity contribution < 1.29 is 22.7 Å². The molecule has 0 saturated heterocycles. The average Bonchev–Trinajstić information content (AvgIpc) is 2.44. The molecule has 0 radical (unpaired) electrons. The molecule has 0 saturated carbocycles. The highest BCUT2D eigenvalue weighted by molar-refractivity contribution is 5.95. The molecule has 1 aromatic rings. The zero-order valence-electron chi connectivity index (χ0n) is 16.2. The Balaban J connectivity index is 0.000000462. The summed E-state index contributed by atoms with van der Waals surface area (Å²) in [5.74, 6) is -3.94. The van der Waals surface area contributed by atoms with Crippen LogP contribution in [0, 0.1) is 25.6 Å². The van der Waals surface area contributed by atoms with Crippen LogP contribution >= 0.6 is 0 Å². The van der Waals surface area contributed by atoms with Crippen molar-refractivity contribution >= 4 is 5.78 Å². The molecule has 0 N–H and O–H groups in total. The molecule has 144 valence electrons. The van der Waals surface area contributed by atoms with Crippen LogP contribution in [0.5, 0.6) is 0 Å². The summed E-state index contributed by atoms with van der Waals surface area (Å²) < 4.78 is 43.5. The van der Waals surface area contributed by atoms with E-state index in [-0.39, 0.29) is 18.0 Å². The number of carbonyl (C=O) groups is 1. The molecule has 0 amide bonds. The fourth-order valence-corrected chi connectivity index (χ4v) is 2.22. The first kappa shape index (κ1) is 23.6. The monoisotopic (exact) mass is 360 g/mol. The Kier molecular flexibility index (Phi) is 10.7. The first-order valence-corrected chi connectivity index (χ1v) is 8.73. The molecule has 5 heteroatoms. The lowest BCUT2D eigenvalue weighted by molar-refractivity contribution is -0.0652. The molecular weight excluding hydrogens is 329 g/mol. The molecule has 0 fully saturated rings. The van der Waals surface area contributed by atoms with Crippen molar-refractivity contribution in [1.29, 1.82) is 0 Å². The number of halogens is 3. The average molecular weight is 360 g/mol. The number of ketones is 1. The van der Waals surface area contributed by atoms with E-state index in [1.165, 1.54) is 19.9 Å². The van der Waals surface area contributed by atoms with Gasteiger partial charge in [0, 0.05) is 12.5 Å². The van der Waals surface area contributed by atoms with E-state index in [0.29, 0.717) is 12.2 Å². The van der Waals surface area contributed by atoms with Gasteiger partial charge in [0.2, 0.25) is 5.92 Å². The summed E-state index contributed by atoms with van der Waals surface area (Å²) in [5, 5.41) is 0. The normalized spacial score (nSPS) is 12.4. The molecule has 0 aromatic heterocycles. The van der Waals surface area contributed by atoms with Gasteiger partial charge in [-0.15, -0.1) is 0 Å². The number of unbranched alkanes of at least 4 members (excludes halogenated alkanes) is 2. The molecule has 1 rings (SSSR count). The Labute approximate surface area is 149 Å². The molecular formula is C20H31F3O2. The number of hydrogen-bond acceptors (Lipinski definition) is 2. The SMILES string of the molecule is CC(=O)c1c(C)cc(C)cc1F.CCCCCOCC(C)C(C)(F)F. The minimum Gasteiger partial charge on any atom is -0.381 e. The molecule has 25 heavy (non-hydrogen) atoms. The van der Waals surface area contributed by atoms with Crippen molar-refractivity contribution in [2.24, 2.45) is 5.92 Å². The Morgan fingerprint density at radius 2 is 1.84 bits per heavy atom. The highest BCUT2D eigenvalue weighted by atomic mass is 19.3. The summed E-state index contributed by atoms with van der Waals surface area (Å²) in [6.45, 7) is 10.2. The smallest absolute Gasteiger partial charge is 0.250 e. The lowest BCUT2D eigenvalue weighted by atomic mass is 10.0. The predicted molar refractivity (Wildman–Crippen MR) is 96.0 cm³/mol. The summed E-state index contributed by atoms with van der Waals surface area (Å²) in [6, 6.07) is 3.18. The zero-order chi connectivity index (χ0) is 19.6. The second-order valence-corrected chi connectivity index (χ2v) is 6.63. The molecule has 0 heterocycles. The topological polar surface area (TPSA) is 26.3 Å². The molecule has 1 unspecified atom stereocenters. The molecule has 0 aliphatic carbocycles. The van der Waals surface area contributed by atoms with Crippen molar-refractivity contribution in [2.45, 2.75) is 66.7 Å². The summed E-state index contributed by atoms with van der Waals surface area (Å²) in [5.41, 5.74) is 1.76. The largest absolute Gasteiger partial charge is 0.381 e. The lowest BCUT2D eigenvalue weighted by Crippen LogP contribution is -2.26. The number of rotatable bonds is 8. The lowest BCUT2D eigenvalue weighted by Gasteiger charge is -2.18. The standard InChI is InChI=1S/C10H20F2O.C10H11FO/c1-4-5-6-7-13-8-9(2)10(3,11)12;1-6-4-7(2)10(8(3)12)9(11)5-6/h9H,4-8H2,1-3H3;4-5H,1-3H3. The van der Waals surface area contributed by atoms with E-state index >= 15 is 0 Å². The van der Waals surface area contributed by atoms with Crippen molar-refractivity contribution in [1.82, 2.24) is 0 Å². The number of aryl methyl sites for hydroxylation is 2. The van der Waals surface area contributed by atoms with Gasteiger partial charge in [-0.25, -0.2) is 13.2 Å². The van der Waals surface area contributed by atoms with Gasteiger partial charge in [-0.05, 0) is 51.3 Å². The first-order valence-electron chi connectivity index (χ1n) is 8.73. The fourth-order valence-electron chi connectivity index (χ4n) is 2.22. The number of Topliss-reactive ketones (excluding diaryl/α,β-unsaturated/α-hetero) is 1. The second-order valence-electron chi connectivity index (χ2n) is 6.63. The highest BCUT2D eigenvalue weighted by Gasteiger charge is 2.29. The van der Waals surface area contributed by atoms with Gasteiger partial charge >= 0.3 is 0 Å². The van der Waals surface area contributed by atoms with Crippen molar-refractivity contribution in [3.63, 3.8) is 0 Å². The molecule has 1 atom stereocenters. The van der Waals surface area contributed by atoms with Crippen LogP contribution < -0.4 is 0 Å². The van der Waals surface area contributed by atoms with Crippen LogP contribution in [-0.2, 0) is 4.74 Å². The Morgan fingerprint density at radius 3 is 2.28 bits per heavy atom. The van der Waals surface area contributed by atoms with Gasteiger partial charge in [0.15, 0.2) is 5.78 Å². The predicted octanol–water partition coefficient (Wildman–Crippen LogP) is 6.13. The highest BCUT2D eigenvalue weighted by Crippen LogP contribution is 2.23. The van der Waals surface area contributed by atoms with Gasteiger partial charge in [0.25, 0.3) is 0 Å². The molecule has 1 aromatic carbocycles. The van der Waals surface area contributed by atoms with Crippen LogP contribution in [0.2, 0.25) is 0 Å². The minimum absolute atomic E-state index is 0.160. The summed E-state index contributed by atoms with van der Waals surface area (Å²) in [7, 11) is 0. The van der Waals surface area contributed by atoms with Crippen molar-refractivity contribution in [2.75, 3.05) is 13.2 Å². The van der Waals surface area contributed by atoms with E-state index in [4.69, 9.17) is 4.74 Å². The molecule has 0 aliphatic rings. The van der Waals surface area contributed by atoms with E-state index in [1.54, 1.807) is 19.9 Å². The van der Waals surface area contributed by atoms with Gasteiger partial charge in [-0.1, -0.05) is 32.8 Å². The van der Waals surface area contributed by atoms with E-state index in [2.05, 4.69) is 6.92 Å². The summed E-state index contributed by atoms with van der Waals surface area (Å²) in [6.07, 6.45) is 3.21. The van der Waals surface area contributed by atoms with Crippen LogP contribution in [-0.4, -0.2) is 24.9 Å². The maximum atomic E-state index is 13.1. The van der Waals surface area contributed by atoms with Gasteiger partial charge < -0.3 is 4.74 Å². The Morgan fingerprint density at radius 1 is 1.24 bits per heavy atom. The number of ether oxygens (including phenoxy) is 1. The summed E-state index contributed by atoms with van der Waals surface area (Å²) in [4.78, 5) is 11.0. The van der Waals surface area contributed by atoms with E-state index in [0.717, 1.165) is 31.7 Å². The minimum atomic E-state index is -2.62. The number of carbonyl (C=O) groups excluding carboxylic acids is 1. The van der Waals surface area contributed by atoms with Gasteiger partial charge in [-0.3, -0.25) is 4.79 Å². The Bertz CT molecular complexity index is 513. The zero-order valence-corrected chi connectivity index (χ0v) is 16.2. The first-order chi connectivity index (χ1) is 11.5. The molecule has 0 bridgehead atoms. The van der Waals surface area contributed by atoms with Crippen LogP contribution in [0.25, 0.3) is 0 Å². The van der Waals surface area contributed by atoms with E-state index in [9.17, 15) is 18.0 Å². The van der Waals surface area contributed by atoms with Crippen molar-refractivity contribution in [3.8, 4) is 0 Å². The Hall–Kier alpha value is -1.36. The van der Waals surface area contributed by atoms with Crippen LogP contribution in [0.15, 0.2) is 12.1 Å². The third-order valence-electron chi connectivity index (χ3n) is 3.91. The molecule has 0 spiro atoms. The van der Waals surface area contributed by atoms with Gasteiger partial charge in [0.05, 0.1) is 12.2 Å².